The SMILES string of the molecule is COC(=O)N[C@@H](C)CCc1nccc(-c2[nH]c(C3CC3)nc2-c2cc(F)cc(NS(=O)(=O)C3CC3)c2Cl)n1. The Hall–Kier alpha value is -3.25. The van der Waals surface area contributed by atoms with Gasteiger partial charge in [-0.05, 0) is 57.2 Å². The van der Waals surface area contributed by atoms with Gasteiger partial charge in [-0.3, -0.25) is 4.72 Å². The molecular formula is C25H28ClFN6O4S. The highest BCUT2D eigenvalue weighted by atomic mass is 35.5. The minimum absolute atomic E-state index is 0.0223. The number of carbonyl (C=O) groups excluding carboxylic acids is 1. The Kier molecular flexibility index (Phi) is 7.28. The summed E-state index contributed by atoms with van der Waals surface area (Å²) in [7, 11) is -2.34. The molecule has 2 aliphatic rings. The van der Waals surface area contributed by atoms with E-state index in [0.717, 1.165) is 24.7 Å². The first-order chi connectivity index (χ1) is 18.1. The molecule has 13 heteroatoms. The quantitative estimate of drug-likeness (QED) is 0.323. The van der Waals surface area contributed by atoms with E-state index in [4.69, 9.17) is 16.6 Å². The van der Waals surface area contributed by atoms with E-state index in [-0.39, 0.29) is 28.2 Å². The van der Waals surface area contributed by atoms with Crippen molar-refractivity contribution in [2.75, 3.05) is 11.8 Å². The number of H-pyrrole nitrogens is 1. The van der Waals surface area contributed by atoms with Crippen molar-refractivity contribution in [2.24, 2.45) is 0 Å². The number of aryl methyl sites for hydroxylation is 1. The van der Waals surface area contributed by atoms with Gasteiger partial charge in [0.1, 0.15) is 17.5 Å². The van der Waals surface area contributed by atoms with Crippen LogP contribution in [-0.4, -0.2) is 52.8 Å². The number of aromatic amines is 1. The fourth-order valence-corrected chi connectivity index (χ4v) is 5.80. The summed E-state index contributed by atoms with van der Waals surface area (Å²) < 4.78 is 46.9. The van der Waals surface area contributed by atoms with Crippen LogP contribution < -0.4 is 10.0 Å². The van der Waals surface area contributed by atoms with Crippen molar-refractivity contribution >= 4 is 33.4 Å². The summed E-state index contributed by atoms with van der Waals surface area (Å²) in [5.74, 6) is 0.911. The Morgan fingerprint density at radius 1 is 1.26 bits per heavy atom. The number of carbonyl (C=O) groups is 1. The number of halogens is 2. The molecule has 5 rings (SSSR count). The van der Waals surface area contributed by atoms with Crippen LogP contribution in [0, 0.1) is 5.82 Å². The number of amides is 1. The van der Waals surface area contributed by atoms with Crippen LogP contribution in [0.5, 0.6) is 0 Å². The summed E-state index contributed by atoms with van der Waals surface area (Å²) in [6, 6.07) is 3.89. The number of alkyl carbamates (subject to hydrolysis) is 1. The molecule has 1 amide bonds. The molecule has 0 unspecified atom stereocenters. The zero-order valence-electron chi connectivity index (χ0n) is 20.9. The molecule has 2 aliphatic carbocycles. The lowest BCUT2D eigenvalue weighted by molar-refractivity contribution is 0.167. The molecule has 2 saturated carbocycles. The van der Waals surface area contributed by atoms with Crippen molar-refractivity contribution in [3.63, 3.8) is 0 Å². The Morgan fingerprint density at radius 2 is 2.03 bits per heavy atom. The number of hydrogen-bond acceptors (Lipinski definition) is 7. The molecule has 3 aromatic rings. The number of nitrogens with one attached hydrogen (secondary N) is 3. The lowest BCUT2D eigenvalue weighted by atomic mass is 10.1. The number of methoxy groups -OCH3 is 1. The van der Waals surface area contributed by atoms with E-state index in [0.29, 0.717) is 48.6 Å². The standard InChI is InChI=1S/C25H28ClFN6O4S/c1-13(29-25(34)37-2)3-8-20-28-10-9-18(30-20)23-22(31-24(32-23)14-4-5-14)17-11-15(27)12-19(21(17)26)33-38(35,36)16-6-7-16/h9-14,16,33H,3-8H2,1-2H3,(H,29,34)(H,31,32)/t13-/m0/s1. The fourth-order valence-electron chi connectivity index (χ4n) is 4.11. The van der Waals surface area contributed by atoms with Crippen LogP contribution in [0.3, 0.4) is 0 Å². The van der Waals surface area contributed by atoms with E-state index in [1.54, 1.807) is 12.3 Å². The molecule has 2 fully saturated rings. The Bertz CT molecular complexity index is 1470. The van der Waals surface area contributed by atoms with Gasteiger partial charge in [-0.1, -0.05) is 11.6 Å². The van der Waals surface area contributed by atoms with Crippen molar-refractivity contribution in [1.29, 1.82) is 0 Å². The maximum Gasteiger partial charge on any atom is 0.407 e. The van der Waals surface area contributed by atoms with Crippen LogP contribution in [0.1, 0.15) is 56.6 Å². The van der Waals surface area contributed by atoms with E-state index in [1.807, 2.05) is 6.92 Å². The van der Waals surface area contributed by atoms with Crippen molar-refractivity contribution in [1.82, 2.24) is 25.3 Å². The second-order valence-electron chi connectivity index (χ2n) is 9.71. The molecule has 2 aromatic heterocycles. The number of ether oxygens (including phenoxy) is 1. The molecule has 1 atom stereocenters. The molecular weight excluding hydrogens is 535 g/mol. The van der Waals surface area contributed by atoms with Crippen LogP contribution in [0.2, 0.25) is 5.02 Å². The molecule has 0 aliphatic heterocycles. The Labute approximate surface area is 224 Å². The van der Waals surface area contributed by atoms with Crippen LogP contribution in [0.4, 0.5) is 14.9 Å². The van der Waals surface area contributed by atoms with Gasteiger partial charge in [0.15, 0.2) is 0 Å². The Morgan fingerprint density at radius 3 is 2.71 bits per heavy atom. The van der Waals surface area contributed by atoms with Crippen molar-refractivity contribution in [2.45, 2.75) is 62.7 Å². The van der Waals surface area contributed by atoms with Crippen LogP contribution in [0.15, 0.2) is 24.4 Å². The van der Waals surface area contributed by atoms with Gasteiger partial charge in [-0.15, -0.1) is 0 Å². The molecule has 0 saturated heterocycles. The van der Waals surface area contributed by atoms with Crippen molar-refractivity contribution in [3.05, 3.63) is 46.9 Å². The topological polar surface area (TPSA) is 139 Å². The number of rotatable bonds is 10. The Balaban J connectivity index is 1.48. The fraction of sp³-hybridized carbons (Fsp3) is 0.440. The van der Waals surface area contributed by atoms with Gasteiger partial charge >= 0.3 is 6.09 Å². The maximum absolute atomic E-state index is 14.8. The summed E-state index contributed by atoms with van der Waals surface area (Å²) in [5, 5.41) is 2.28. The number of benzene rings is 1. The second kappa shape index (κ2) is 10.5. The van der Waals surface area contributed by atoms with Gasteiger partial charge < -0.3 is 15.0 Å². The zero-order valence-corrected chi connectivity index (χ0v) is 22.5. The smallest absolute Gasteiger partial charge is 0.407 e. The van der Waals surface area contributed by atoms with Crippen molar-refractivity contribution < 1.29 is 22.3 Å². The molecule has 0 radical (unpaired) electrons. The third kappa shape index (κ3) is 5.91. The van der Waals surface area contributed by atoms with E-state index in [9.17, 15) is 17.6 Å². The van der Waals surface area contributed by atoms with E-state index in [1.165, 1.54) is 13.2 Å². The second-order valence-corrected chi connectivity index (χ2v) is 12.1. The van der Waals surface area contributed by atoms with Crippen LogP contribution >= 0.6 is 11.6 Å². The molecule has 2 heterocycles. The summed E-state index contributed by atoms with van der Waals surface area (Å²) in [4.78, 5) is 28.6. The van der Waals surface area contributed by atoms with E-state index >= 15 is 0 Å². The van der Waals surface area contributed by atoms with Gasteiger partial charge in [-0.2, -0.15) is 0 Å². The highest BCUT2D eigenvalue weighted by Gasteiger charge is 2.36. The lowest BCUT2D eigenvalue weighted by Gasteiger charge is -2.13. The molecule has 10 nitrogen and oxygen atoms in total. The molecule has 202 valence electrons. The van der Waals surface area contributed by atoms with Gasteiger partial charge in [0.2, 0.25) is 10.0 Å². The van der Waals surface area contributed by atoms with Crippen molar-refractivity contribution in [3.8, 4) is 22.6 Å². The third-order valence-corrected chi connectivity index (χ3v) is 8.77. The number of nitrogens with zero attached hydrogens (tertiary/aromatic N) is 3. The van der Waals surface area contributed by atoms with Crippen LogP contribution in [-0.2, 0) is 21.2 Å². The first kappa shape index (κ1) is 26.4. The first-order valence-corrected chi connectivity index (χ1v) is 14.3. The van der Waals surface area contributed by atoms with Gasteiger partial charge in [0.05, 0.1) is 40.2 Å². The third-order valence-electron chi connectivity index (χ3n) is 6.51. The average Bonchev–Trinajstić information content (AvgIpc) is 3.82. The number of aromatic nitrogens is 4. The number of hydrogen-bond donors (Lipinski definition) is 3. The highest BCUT2D eigenvalue weighted by molar-refractivity contribution is 7.93. The highest BCUT2D eigenvalue weighted by Crippen LogP contribution is 2.44. The minimum atomic E-state index is -3.65. The molecule has 0 bridgehead atoms. The van der Waals surface area contributed by atoms with Gasteiger partial charge in [0.25, 0.3) is 0 Å². The number of anilines is 1. The largest absolute Gasteiger partial charge is 0.453 e. The minimum Gasteiger partial charge on any atom is -0.453 e. The molecule has 3 N–H and O–H groups in total. The summed E-state index contributed by atoms with van der Waals surface area (Å²) in [6.45, 7) is 1.86. The predicted octanol–water partition coefficient (Wildman–Crippen LogP) is 4.78. The normalized spacial score (nSPS) is 16.2. The average molecular weight is 563 g/mol. The number of sulfonamides is 1. The lowest BCUT2D eigenvalue weighted by Crippen LogP contribution is -2.32. The molecule has 0 spiro atoms. The first-order valence-electron chi connectivity index (χ1n) is 12.4. The van der Waals surface area contributed by atoms with E-state index in [2.05, 4.69) is 29.7 Å². The summed E-state index contributed by atoms with van der Waals surface area (Å²) in [5.41, 5.74) is 1.70. The predicted molar refractivity (Wildman–Crippen MR) is 141 cm³/mol. The number of imidazole rings is 1. The van der Waals surface area contributed by atoms with E-state index < -0.39 is 27.2 Å². The van der Waals surface area contributed by atoms with Crippen LogP contribution in [0.25, 0.3) is 22.6 Å². The summed E-state index contributed by atoms with van der Waals surface area (Å²) >= 11 is 6.65. The summed E-state index contributed by atoms with van der Waals surface area (Å²) in [6.07, 6.45) is 5.29. The molecule has 38 heavy (non-hydrogen) atoms. The monoisotopic (exact) mass is 562 g/mol. The van der Waals surface area contributed by atoms with Gasteiger partial charge in [0, 0.05) is 30.1 Å². The zero-order chi connectivity index (χ0) is 27.0. The van der Waals surface area contributed by atoms with Gasteiger partial charge in [-0.25, -0.2) is 32.6 Å². The maximum atomic E-state index is 14.8. The molecule has 1 aromatic carbocycles.